The Morgan fingerprint density at radius 3 is 2.50 bits per heavy atom. The van der Waals surface area contributed by atoms with Crippen LogP contribution in [0.5, 0.6) is 0 Å². The van der Waals surface area contributed by atoms with Gasteiger partial charge in [-0.1, -0.05) is 12.1 Å². The van der Waals surface area contributed by atoms with E-state index in [0.29, 0.717) is 12.0 Å². The van der Waals surface area contributed by atoms with Crippen LogP contribution < -0.4 is 5.73 Å². The number of halogens is 1. The van der Waals surface area contributed by atoms with Gasteiger partial charge in [0.2, 0.25) is 0 Å². The van der Waals surface area contributed by atoms with E-state index >= 15 is 0 Å². The fraction of sp³-hybridized carbons (Fsp3) is 0.538. The van der Waals surface area contributed by atoms with Crippen LogP contribution in [0.15, 0.2) is 29.2 Å². The summed E-state index contributed by atoms with van der Waals surface area (Å²) in [4.78, 5) is 0.753. The summed E-state index contributed by atoms with van der Waals surface area (Å²) >= 11 is 1.65. The lowest BCUT2D eigenvalue weighted by Crippen LogP contribution is -2.48. The largest absolute Gasteiger partial charge is 0.329 e. The summed E-state index contributed by atoms with van der Waals surface area (Å²) in [6.45, 7) is 0.660. The number of hydrogen-bond acceptors (Lipinski definition) is 2. The third kappa shape index (κ3) is 1.66. The Kier molecular flexibility index (Phi) is 2.30. The van der Waals surface area contributed by atoms with Gasteiger partial charge in [0, 0.05) is 16.2 Å². The first-order chi connectivity index (χ1) is 7.67. The predicted molar refractivity (Wildman–Crippen MR) is 64.9 cm³/mol. The van der Waals surface area contributed by atoms with E-state index in [1.807, 2.05) is 12.1 Å². The average Bonchev–Trinajstić information content (AvgIpc) is 3.00. The van der Waals surface area contributed by atoms with Crippen LogP contribution in [0.3, 0.4) is 0 Å². The van der Waals surface area contributed by atoms with Crippen molar-refractivity contribution in [1.29, 1.82) is 0 Å². The van der Waals surface area contributed by atoms with E-state index in [1.165, 1.54) is 31.7 Å². The van der Waals surface area contributed by atoms with Gasteiger partial charge in [0.05, 0.1) is 0 Å². The molecule has 2 N–H and O–H groups in total. The zero-order chi connectivity index (χ0) is 11.2. The van der Waals surface area contributed by atoms with Gasteiger partial charge >= 0.3 is 0 Å². The van der Waals surface area contributed by atoms with Gasteiger partial charge in [-0.25, -0.2) is 4.39 Å². The second kappa shape index (κ2) is 3.47. The summed E-state index contributed by atoms with van der Waals surface area (Å²) in [6.07, 6.45) is 5.06. The number of benzene rings is 1. The van der Waals surface area contributed by atoms with Crippen LogP contribution in [0.4, 0.5) is 4.39 Å². The topological polar surface area (TPSA) is 26.0 Å². The summed E-state index contributed by atoms with van der Waals surface area (Å²) in [6, 6.07) is 7.01. The van der Waals surface area contributed by atoms with Crippen molar-refractivity contribution in [3.8, 4) is 0 Å². The molecule has 0 bridgehead atoms. The smallest absolute Gasteiger partial charge is 0.136 e. The lowest BCUT2D eigenvalue weighted by Gasteiger charge is -2.47. The highest BCUT2D eigenvalue weighted by molar-refractivity contribution is 8.00. The van der Waals surface area contributed by atoms with Crippen LogP contribution in [-0.2, 0) is 0 Å². The summed E-state index contributed by atoms with van der Waals surface area (Å²) in [7, 11) is 0. The normalized spacial score (nSPS) is 24.1. The van der Waals surface area contributed by atoms with Crippen LogP contribution in [0, 0.1) is 11.2 Å². The second-order valence-electron chi connectivity index (χ2n) is 5.27. The monoisotopic (exact) mass is 237 g/mol. The summed E-state index contributed by atoms with van der Waals surface area (Å²) in [5.41, 5.74) is 6.48. The quantitative estimate of drug-likeness (QED) is 0.873. The molecule has 2 aliphatic carbocycles. The van der Waals surface area contributed by atoms with E-state index in [4.69, 9.17) is 5.73 Å². The van der Waals surface area contributed by atoms with Gasteiger partial charge in [0.15, 0.2) is 0 Å². The molecule has 1 nitrogen and oxygen atoms in total. The molecule has 3 rings (SSSR count). The number of hydrogen-bond donors (Lipinski definition) is 1. The standard InChI is InChI=1S/C13H16FNS/c14-10-3-1-2-4-11(10)16-13(9-15)7-12(8-13)5-6-12/h1-4H,5-9,15H2. The molecule has 0 amide bonds. The van der Waals surface area contributed by atoms with Crippen molar-refractivity contribution < 1.29 is 4.39 Å². The molecule has 2 aliphatic rings. The predicted octanol–water partition coefficient (Wildman–Crippen LogP) is 3.19. The van der Waals surface area contributed by atoms with E-state index in [1.54, 1.807) is 17.8 Å². The molecule has 0 radical (unpaired) electrons. The van der Waals surface area contributed by atoms with Gasteiger partial charge in [-0.2, -0.15) is 0 Å². The Hall–Kier alpha value is -0.540. The van der Waals surface area contributed by atoms with Gasteiger partial charge in [0.1, 0.15) is 5.82 Å². The van der Waals surface area contributed by atoms with Gasteiger partial charge in [-0.05, 0) is 43.2 Å². The molecule has 16 heavy (non-hydrogen) atoms. The van der Waals surface area contributed by atoms with Gasteiger partial charge in [0.25, 0.3) is 0 Å². The zero-order valence-corrected chi connectivity index (χ0v) is 10.0. The molecule has 0 atom stereocenters. The Morgan fingerprint density at radius 2 is 1.94 bits per heavy atom. The molecule has 0 unspecified atom stereocenters. The first-order valence-electron chi connectivity index (χ1n) is 5.81. The molecule has 0 aromatic heterocycles. The summed E-state index contributed by atoms with van der Waals surface area (Å²) in [5.74, 6) is -0.114. The molecule has 3 heteroatoms. The van der Waals surface area contributed by atoms with E-state index in [-0.39, 0.29) is 10.6 Å². The minimum atomic E-state index is -0.114. The maximum absolute atomic E-state index is 13.6. The highest BCUT2D eigenvalue weighted by Crippen LogP contribution is 2.69. The van der Waals surface area contributed by atoms with E-state index in [0.717, 1.165) is 4.90 Å². The number of nitrogens with two attached hydrogens (primary N) is 1. The minimum absolute atomic E-state index is 0.110. The van der Waals surface area contributed by atoms with E-state index in [2.05, 4.69) is 0 Å². The molecule has 1 aromatic rings. The highest BCUT2D eigenvalue weighted by Gasteiger charge is 2.60. The van der Waals surface area contributed by atoms with Crippen molar-refractivity contribution in [2.45, 2.75) is 35.3 Å². The lowest BCUT2D eigenvalue weighted by atomic mass is 9.71. The third-order valence-electron chi connectivity index (χ3n) is 3.89. The zero-order valence-electron chi connectivity index (χ0n) is 9.21. The van der Waals surface area contributed by atoms with Crippen molar-refractivity contribution in [1.82, 2.24) is 0 Å². The van der Waals surface area contributed by atoms with Gasteiger partial charge in [-0.3, -0.25) is 0 Å². The maximum Gasteiger partial charge on any atom is 0.136 e. The van der Waals surface area contributed by atoms with Crippen LogP contribution in [0.25, 0.3) is 0 Å². The molecule has 0 aliphatic heterocycles. The number of thioether (sulfide) groups is 1. The first-order valence-corrected chi connectivity index (χ1v) is 6.62. The van der Waals surface area contributed by atoms with Crippen molar-refractivity contribution in [3.05, 3.63) is 30.1 Å². The van der Waals surface area contributed by atoms with Gasteiger partial charge < -0.3 is 5.73 Å². The Labute approximate surface area is 99.6 Å². The molecule has 2 fully saturated rings. The summed E-state index contributed by atoms with van der Waals surface area (Å²) < 4.78 is 13.7. The van der Waals surface area contributed by atoms with Gasteiger partial charge in [-0.15, -0.1) is 11.8 Å². The Balaban J connectivity index is 1.76. The van der Waals surface area contributed by atoms with Crippen LogP contribution in [0.2, 0.25) is 0 Å². The second-order valence-corrected chi connectivity index (χ2v) is 6.78. The fourth-order valence-electron chi connectivity index (χ4n) is 2.86. The Bertz CT molecular complexity index is 406. The number of rotatable bonds is 3. The van der Waals surface area contributed by atoms with Crippen molar-refractivity contribution in [2.24, 2.45) is 11.1 Å². The minimum Gasteiger partial charge on any atom is -0.329 e. The fourth-order valence-corrected chi connectivity index (χ4v) is 4.48. The maximum atomic E-state index is 13.6. The third-order valence-corrected chi connectivity index (χ3v) is 5.33. The average molecular weight is 237 g/mol. The molecule has 2 saturated carbocycles. The van der Waals surface area contributed by atoms with E-state index in [9.17, 15) is 4.39 Å². The molecule has 86 valence electrons. The molecular weight excluding hydrogens is 221 g/mol. The molecule has 0 saturated heterocycles. The van der Waals surface area contributed by atoms with Crippen molar-refractivity contribution in [3.63, 3.8) is 0 Å². The molecule has 1 spiro atoms. The van der Waals surface area contributed by atoms with Crippen molar-refractivity contribution in [2.75, 3.05) is 6.54 Å². The Morgan fingerprint density at radius 1 is 1.25 bits per heavy atom. The van der Waals surface area contributed by atoms with E-state index < -0.39 is 0 Å². The van der Waals surface area contributed by atoms with Crippen LogP contribution in [0.1, 0.15) is 25.7 Å². The van der Waals surface area contributed by atoms with Crippen LogP contribution in [-0.4, -0.2) is 11.3 Å². The SMILES string of the molecule is NCC1(Sc2ccccc2F)CC2(CC2)C1. The first kappa shape index (κ1) is 10.6. The molecular formula is C13H16FNS. The lowest BCUT2D eigenvalue weighted by molar-refractivity contribution is 0.210. The van der Waals surface area contributed by atoms with Crippen LogP contribution >= 0.6 is 11.8 Å². The van der Waals surface area contributed by atoms with Crippen molar-refractivity contribution >= 4 is 11.8 Å². The highest BCUT2D eigenvalue weighted by atomic mass is 32.2. The molecule has 1 aromatic carbocycles. The molecule has 0 heterocycles. The summed E-state index contributed by atoms with van der Waals surface area (Å²) in [5, 5.41) is 0.